The molecule has 2 aromatic carbocycles. The van der Waals surface area contributed by atoms with Crippen LogP contribution in [0.15, 0.2) is 48.5 Å². The quantitative estimate of drug-likeness (QED) is 0.654. The van der Waals surface area contributed by atoms with Crippen LogP contribution in [0.25, 0.3) is 0 Å². The number of hydrogen-bond donors (Lipinski definition) is 1. The molecule has 1 heterocycles. The van der Waals surface area contributed by atoms with Crippen LogP contribution in [0.4, 0.5) is 13.2 Å². The van der Waals surface area contributed by atoms with Gasteiger partial charge < -0.3 is 15.1 Å². The van der Waals surface area contributed by atoms with Crippen LogP contribution in [0.1, 0.15) is 39.1 Å². The highest BCUT2D eigenvalue weighted by Crippen LogP contribution is 2.22. The molecule has 3 amide bonds. The Hall–Kier alpha value is -3.07. The number of likely N-dealkylation sites (tertiary alicyclic amines) is 1. The first-order valence-corrected chi connectivity index (χ1v) is 11.1. The monoisotopic (exact) mass is 495 g/mol. The Morgan fingerprint density at radius 1 is 1.06 bits per heavy atom. The summed E-state index contributed by atoms with van der Waals surface area (Å²) in [5.74, 6) is -1.39. The predicted octanol–water partition coefficient (Wildman–Crippen LogP) is 4.14. The van der Waals surface area contributed by atoms with Crippen molar-refractivity contribution in [2.75, 3.05) is 26.7 Å². The van der Waals surface area contributed by atoms with Crippen molar-refractivity contribution < 1.29 is 27.6 Å². The van der Waals surface area contributed by atoms with Crippen molar-refractivity contribution >= 4 is 29.3 Å². The molecule has 182 valence electrons. The zero-order valence-corrected chi connectivity index (χ0v) is 19.3. The Bertz CT molecular complexity index is 1030. The van der Waals surface area contributed by atoms with Gasteiger partial charge in [0.1, 0.15) is 6.54 Å². The van der Waals surface area contributed by atoms with E-state index < -0.39 is 18.6 Å². The number of alkyl halides is 3. The highest BCUT2D eigenvalue weighted by atomic mass is 35.5. The second-order valence-electron chi connectivity index (χ2n) is 8.29. The summed E-state index contributed by atoms with van der Waals surface area (Å²) < 4.78 is 36.8. The molecule has 34 heavy (non-hydrogen) atoms. The Kier molecular flexibility index (Phi) is 8.19. The molecule has 0 unspecified atom stereocenters. The van der Waals surface area contributed by atoms with Gasteiger partial charge in [0.05, 0.1) is 5.92 Å². The number of amides is 3. The lowest BCUT2D eigenvalue weighted by atomic mass is 9.95. The van der Waals surface area contributed by atoms with E-state index in [1.165, 1.54) is 12.1 Å². The van der Waals surface area contributed by atoms with E-state index in [2.05, 4.69) is 0 Å². The number of hydrogen-bond acceptors (Lipinski definition) is 3. The fraction of sp³-hybridized carbons (Fsp3) is 0.375. The fourth-order valence-corrected chi connectivity index (χ4v) is 3.97. The van der Waals surface area contributed by atoms with Crippen LogP contribution in [0.5, 0.6) is 0 Å². The lowest BCUT2D eigenvalue weighted by Crippen LogP contribution is -2.45. The van der Waals surface area contributed by atoms with Crippen LogP contribution in [0, 0.1) is 5.92 Å². The summed E-state index contributed by atoms with van der Waals surface area (Å²) >= 11 is 5.89. The molecular weight excluding hydrogens is 471 g/mol. The first-order valence-electron chi connectivity index (χ1n) is 10.8. The summed E-state index contributed by atoms with van der Waals surface area (Å²) in [6.45, 7) is -0.232. The third-order valence-electron chi connectivity index (χ3n) is 5.61. The van der Waals surface area contributed by atoms with Gasteiger partial charge in [0.25, 0.3) is 11.8 Å². The average molecular weight is 496 g/mol. The summed E-state index contributed by atoms with van der Waals surface area (Å²) in [4.78, 5) is 40.9. The molecule has 0 bridgehead atoms. The Labute approximate surface area is 200 Å². The van der Waals surface area contributed by atoms with Crippen LogP contribution in [-0.2, 0) is 11.3 Å². The number of carbonyl (C=O) groups is 3. The summed E-state index contributed by atoms with van der Waals surface area (Å²) in [7, 11) is 1.66. The molecule has 0 aromatic heterocycles. The third-order valence-corrected chi connectivity index (χ3v) is 5.86. The van der Waals surface area contributed by atoms with Crippen molar-refractivity contribution in [3.8, 4) is 0 Å². The smallest absolute Gasteiger partial charge is 0.343 e. The van der Waals surface area contributed by atoms with E-state index in [4.69, 9.17) is 11.6 Å². The normalized spacial score (nSPS) is 16.1. The van der Waals surface area contributed by atoms with Crippen molar-refractivity contribution in [1.29, 1.82) is 0 Å². The van der Waals surface area contributed by atoms with Crippen LogP contribution in [0.3, 0.4) is 0 Å². The summed E-state index contributed by atoms with van der Waals surface area (Å²) in [6, 6.07) is 12.7. The van der Waals surface area contributed by atoms with Gasteiger partial charge in [-0.2, -0.15) is 13.2 Å². The molecule has 1 saturated heterocycles. The van der Waals surface area contributed by atoms with E-state index in [0.29, 0.717) is 36.5 Å². The lowest BCUT2D eigenvalue weighted by Gasteiger charge is -2.34. The number of rotatable bonds is 6. The van der Waals surface area contributed by atoms with Gasteiger partial charge in [0.15, 0.2) is 0 Å². The first kappa shape index (κ1) is 25.6. The van der Waals surface area contributed by atoms with E-state index in [1.54, 1.807) is 53.2 Å². The van der Waals surface area contributed by atoms with E-state index in [0.717, 1.165) is 5.56 Å². The Morgan fingerprint density at radius 3 is 2.29 bits per heavy atom. The van der Waals surface area contributed by atoms with Gasteiger partial charge in [-0.05, 0) is 54.8 Å². The fourth-order valence-electron chi connectivity index (χ4n) is 3.85. The van der Waals surface area contributed by atoms with Crippen molar-refractivity contribution in [3.63, 3.8) is 0 Å². The summed E-state index contributed by atoms with van der Waals surface area (Å²) in [5, 5.41) is 2.36. The van der Waals surface area contributed by atoms with E-state index in [-0.39, 0.29) is 29.8 Å². The molecule has 6 nitrogen and oxygen atoms in total. The van der Waals surface area contributed by atoms with E-state index >= 15 is 0 Å². The maximum absolute atomic E-state index is 13.0. The minimum atomic E-state index is -4.48. The number of piperidine rings is 1. The molecule has 0 saturated carbocycles. The first-order chi connectivity index (χ1) is 16.0. The van der Waals surface area contributed by atoms with Crippen LogP contribution < -0.4 is 5.32 Å². The predicted molar refractivity (Wildman–Crippen MR) is 121 cm³/mol. The standard InChI is InChI=1S/C24H25ClF3N3O3/c1-30(13-16-4-6-17(7-5-16)21(32)29-15-24(26,27)28)22(33)19-3-2-12-31(14-19)23(34)18-8-10-20(25)11-9-18/h4-11,19H,2-3,12-15H2,1H3,(H,29,32)/t19-/m0/s1. The number of benzene rings is 2. The van der Waals surface area contributed by atoms with Gasteiger partial charge in [0.2, 0.25) is 5.91 Å². The number of carbonyl (C=O) groups excluding carboxylic acids is 3. The largest absolute Gasteiger partial charge is 0.405 e. The number of nitrogens with one attached hydrogen (secondary N) is 1. The second-order valence-corrected chi connectivity index (χ2v) is 8.72. The maximum atomic E-state index is 13.0. The van der Waals surface area contributed by atoms with Crippen molar-refractivity contribution in [2.45, 2.75) is 25.6 Å². The molecule has 0 aliphatic carbocycles. The highest BCUT2D eigenvalue weighted by Gasteiger charge is 2.31. The summed E-state index contributed by atoms with van der Waals surface area (Å²) in [6.07, 6.45) is -3.09. The van der Waals surface area contributed by atoms with Gasteiger partial charge >= 0.3 is 6.18 Å². The Morgan fingerprint density at radius 2 is 1.68 bits per heavy atom. The van der Waals surface area contributed by atoms with Gasteiger partial charge in [-0.3, -0.25) is 14.4 Å². The molecule has 10 heteroatoms. The van der Waals surface area contributed by atoms with Crippen molar-refractivity contribution in [2.24, 2.45) is 5.92 Å². The molecule has 1 N–H and O–H groups in total. The molecule has 0 spiro atoms. The van der Waals surface area contributed by atoms with Gasteiger partial charge in [-0.1, -0.05) is 23.7 Å². The minimum Gasteiger partial charge on any atom is -0.343 e. The van der Waals surface area contributed by atoms with Gasteiger partial charge in [-0.15, -0.1) is 0 Å². The molecule has 2 aromatic rings. The zero-order valence-electron chi connectivity index (χ0n) is 18.6. The van der Waals surface area contributed by atoms with Gasteiger partial charge in [0, 0.05) is 42.8 Å². The van der Waals surface area contributed by atoms with Crippen LogP contribution in [-0.4, -0.2) is 60.4 Å². The molecule has 3 rings (SSSR count). The maximum Gasteiger partial charge on any atom is 0.405 e. The Balaban J connectivity index is 1.56. The minimum absolute atomic E-state index is 0.0967. The topological polar surface area (TPSA) is 69.7 Å². The van der Waals surface area contributed by atoms with Crippen molar-refractivity contribution in [3.05, 3.63) is 70.2 Å². The molecular formula is C24H25ClF3N3O3. The second kappa shape index (κ2) is 10.9. The van der Waals surface area contributed by atoms with Gasteiger partial charge in [-0.25, -0.2) is 0 Å². The molecule has 0 radical (unpaired) electrons. The molecule has 1 aliphatic rings. The lowest BCUT2D eigenvalue weighted by molar-refractivity contribution is -0.136. The zero-order chi connectivity index (χ0) is 24.9. The molecule has 1 fully saturated rings. The summed E-state index contributed by atoms with van der Waals surface area (Å²) in [5.41, 5.74) is 1.35. The van der Waals surface area contributed by atoms with Crippen LogP contribution in [0.2, 0.25) is 5.02 Å². The van der Waals surface area contributed by atoms with Crippen LogP contribution >= 0.6 is 11.6 Å². The third kappa shape index (κ3) is 6.96. The SMILES string of the molecule is CN(Cc1ccc(C(=O)NCC(F)(F)F)cc1)C(=O)[C@H]1CCCN(C(=O)c2ccc(Cl)cc2)C1. The van der Waals surface area contributed by atoms with E-state index in [1.807, 2.05) is 5.32 Å². The molecule has 1 aliphatic heterocycles. The average Bonchev–Trinajstić information content (AvgIpc) is 2.82. The number of nitrogens with zero attached hydrogens (tertiary/aromatic N) is 2. The number of halogens is 4. The van der Waals surface area contributed by atoms with E-state index in [9.17, 15) is 27.6 Å². The molecule has 1 atom stereocenters. The van der Waals surface area contributed by atoms with Crippen molar-refractivity contribution in [1.82, 2.24) is 15.1 Å². The highest BCUT2D eigenvalue weighted by molar-refractivity contribution is 6.30.